The van der Waals surface area contributed by atoms with Crippen LogP contribution in [0, 0.1) is 10.1 Å². The lowest BCUT2D eigenvalue weighted by atomic mass is 9.99. The molecule has 1 rings (SSSR count). The van der Waals surface area contributed by atoms with Crippen molar-refractivity contribution in [3.63, 3.8) is 0 Å². The van der Waals surface area contributed by atoms with Crippen molar-refractivity contribution in [1.82, 2.24) is 10.2 Å². The molecule has 0 aliphatic rings. The summed E-state index contributed by atoms with van der Waals surface area (Å²) in [6.07, 6.45) is -1.74. The van der Waals surface area contributed by atoms with Crippen molar-refractivity contribution in [3.05, 3.63) is 39.4 Å². The Labute approximate surface area is 233 Å². The zero-order valence-corrected chi connectivity index (χ0v) is 24.2. The third-order valence-electron chi connectivity index (χ3n) is 4.69. The molecule has 0 aliphatic carbocycles. The van der Waals surface area contributed by atoms with Crippen LogP contribution >= 0.6 is 23.2 Å². The third-order valence-corrected chi connectivity index (χ3v) is 5.03. The summed E-state index contributed by atoms with van der Waals surface area (Å²) in [5.74, 6) is -0.181. The normalized spacial score (nSPS) is 12.3. The number of alkyl carbamates (subject to hydrolysis) is 1. The van der Waals surface area contributed by atoms with E-state index < -0.39 is 40.3 Å². The number of carbonyl (C=O) groups excluding carboxylic acids is 3. The first kappa shape index (κ1) is 33.2. The first-order valence-electron chi connectivity index (χ1n) is 12.1. The summed E-state index contributed by atoms with van der Waals surface area (Å²) >= 11 is 11.4. The SMILES string of the molecule is CC(C)(C)OC(=O)C[C@H](Cc1cc(COC(=O)N(CCCl)CCCl)ccc1[N+](=O)[O-])NC(=O)OC(C)(C)C. The van der Waals surface area contributed by atoms with Crippen LogP contribution in [0.5, 0.6) is 0 Å². The van der Waals surface area contributed by atoms with Crippen molar-refractivity contribution < 1.29 is 33.5 Å². The van der Waals surface area contributed by atoms with E-state index in [0.29, 0.717) is 5.56 Å². The van der Waals surface area contributed by atoms with Gasteiger partial charge in [0.25, 0.3) is 5.69 Å². The number of esters is 1. The maximum Gasteiger partial charge on any atom is 0.410 e. The summed E-state index contributed by atoms with van der Waals surface area (Å²) < 4.78 is 16.0. The number of hydrogen-bond acceptors (Lipinski definition) is 8. The lowest BCUT2D eigenvalue weighted by Gasteiger charge is -2.25. The number of hydrogen-bond donors (Lipinski definition) is 1. The minimum atomic E-state index is -0.876. The number of alkyl halides is 2. The molecule has 0 fully saturated rings. The van der Waals surface area contributed by atoms with E-state index in [1.165, 1.54) is 23.1 Å². The molecule has 2 amide bonds. The van der Waals surface area contributed by atoms with Gasteiger partial charge in [-0.3, -0.25) is 14.9 Å². The topological polar surface area (TPSA) is 137 Å². The van der Waals surface area contributed by atoms with Gasteiger partial charge in [0.1, 0.15) is 17.8 Å². The molecule has 0 radical (unpaired) electrons. The van der Waals surface area contributed by atoms with Crippen molar-refractivity contribution in [1.29, 1.82) is 0 Å². The van der Waals surface area contributed by atoms with E-state index in [2.05, 4.69) is 5.32 Å². The van der Waals surface area contributed by atoms with Gasteiger partial charge in [-0.15, -0.1) is 23.2 Å². The summed E-state index contributed by atoms with van der Waals surface area (Å²) in [5, 5.41) is 14.3. The molecule has 0 spiro atoms. The first-order valence-corrected chi connectivity index (χ1v) is 13.1. The highest BCUT2D eigenvalue weighted by Crippen LogP contribution is 2.24. The van der Waals surface area contributed by atoms with E-state index in [-0.39, 0.29) is 55.5 Å². The lowest BCUT2D eigenvalue weighted by molar-refractivity contribution is -0.385. The molecule has 0 aromatic heterocycles. The summed E-state index contributed by atoms with van der Waals surface area (Å²) in [7, 11) is 0. The van der Waals surface area contributed by atoms with Crippen LogP contribution in [0.2, 0.25) is 0 Å². The van der Waals surface area contributed by atoms with Gasteiger partial charge in [-0.05, 0) is 59.2 Å². The van der Waals surface area contributed by atoms with Crippen LogP contribution in [0.4, 0.5) is 15.3 Å². The second kappa shape index (κ2) is 15.0. The maximum absolute atomic E-state index is 12.5. The molecule has 1 N–H and O–H groups in total. The molecule has 0 bridgehead atoms. The highest BCUT2D eigenvalue weighted by atomic mass is 35.5. The molecule has 38 heavy (non-hydrogen) atoms. The van der Waals surface area contributed by atoms with Crippen molar-refractivity contribution in [2.45, 2.75) is 78.2 Å². The highest BCUT2D eigenvalue weighted by Gasteiger charge is 2.27. The number of amides is 2. The number of nitrogens with zero attached hydrogens (tertiary/aromatic N) is 2. The van der Waals surface area contributed by atoms with Gasteiger partial charge >= 0.3 is 18.2 Å². The van der Waals surface area contributed by atoms with E-state index in [9.17, 15) is 24.5 Å². The average molecular weight is 578 g/mol. The van der Waals surface area contributed by atoms with Crippen molar-refractivity contribution in [2.75, 3.05) is 24.8 Å². The Hall–Kier alpha value is -2.79. The third kappa shape index (κ3) is 13.1. The summed E-state index contributed by atoms with van der Waals surface area (Å²) in [6, 6.07) is 3.37. The van der Waals surface area contributed by atoms with Crippen LogP contribution in [0.3, 0.4) is 0 Å². The van der Waals surface area contributed by atoms with Gasteiger partial charge in [-0.25, -0.2) is 9.59 Å². The molecule has 13 heteroatoms. The quantitative estimate of drug-likeness (QED) is 0.118. The Kier molecular flexibility index (Phi) is 13.1. The Morgan fingerprint density at radius 2 is 1.61 bits per heavy atom. The van der Waals surface area contributed by atoms with Gasteiger partial charge in [0, 0.05) is 48.9 Å². The number of nitro groups is 1. The van der Waals surface area contributed by atoms with Crippen molar-refractivity contribution >= 4 is 47.0 Å². The van der Waals surface area contributed by atoms with Gasteiger partial charge in [-0.1, -0.05) is 0 Å². The smallest absolute Gasteiger partial charge is 0.410 e. The first-order chi connectivity index (χ1) is 17.5. The van der Waals surface area contributed by atoms with E-state index in [1.54, 1.807) is 41.5 Å². The molecular formula is C25H37Cl2N3O8. The van der Waals surface area contributed by atoms with Crippen LogP contribution in [-0.4, -0.2) is 70.1 Å². The molecular weight excluding hydrogens is 541 g/mol. The monoisotopic (exact) mass is 577 g/mol. The van der Waals surface area contributed by atoms with E-state index in [0.717, 1.165) is 0 Å². The molecule has 0 aliphatic heterocycles. The number of carbonyl (C=O) groups is 3. The van der Waals surface area contributed by atoms with Gasteiger partial charge in [0.05, 0.1) is 11.3 Å². The second-order valence-corrected chi connectivity index (χ2v) is 11.2. The average Bonchev–Trinajstić information content (AvgIpc) is 2.74. The Morgan fingerprint density at radius 3 is 2.11 bits per heavy atom. The number of rotatable bonds is 12. The van der Waals surface area contributed by atoms with Gasteiger partial charge < -0.3 is 24.4 Å². The molecule has 0 saturated heterocycles. The molecule has 11 nitrogen and oxygen atoms in total. The van der Waals surface area contributed by atoms with E-state index in [1.807, 2.05) is 0 Å². The zero-order chi connectivity index (χ0) is 29.1. The highest BCUT2D eigenvalue weighted by molar-refractivity contribution is 6.18. The van der Waals surface area contributed by atoms with Gasteiger partial charge in [0.2, 0.25) is 0 Å². The molecule has 1 aromatic rings. The zero-order valence-electron chi connectivity index (χ0n) is 22.7. The van der Waals surface area contributed by atoms with Crippen LogP contribution in [0.25, 0.3) is 0 Å². The van der Waals surface area contributed by atoms with Crippen LogP contribution in [0.1, 0.15) is 59.1 Å². The summed E-state index contributed by atoms with van der Waals surface area (Å²) in [4.78, 5) is 49.9. The largest absolute Gasteiger partial charge is 0.460 e. The van der Waals surface area contributed by atoms with Crippen LogP contribution in [0.15, 0.2) is 18.2 Å². The second-order valence-electron chi connectivity index (χ2n) is 10.5. The van der Waals surface area contributed by atoms with E-state index in [4.69, 9.17) is 37.4 Å². The molecule has 1 aromatic carbocycles. The predicted octanol–water partition coefficient (Wildman–Crippen LogP) is 5.18. The lowest BCUT2D eigenvalue weighted by Crippen LogP contribution is -2.42. The predicted molar refractivity (Wildman–Crippen MR) is 144 cm³/mol. The number of ether oxygens (including phenoxy) is 3. The minimum absolute atomic E-state index is 0.0821. The summed E-state index contributed by atoms with van der Waals surface area (Å²) in [5.41, 5.74) is -1.07. The van der Waals surface area contributed by atoms with Crippen molar-refractivity contribution in [2.24, 2.45) is 0 Å². The van der Waals surface area contributed by atoms with Crippen LogP contribution in [-0.2, 0) is 32.0 Å². The fraction of sp³-hybridized carbons (Fsp3) is 0.640. The van der Waals surface area contributed by atoms with Gasteiger partial charge in [-0.2, -0.15) is 0 Å². The Morgan fingerprint density at radius 1 is 1.03 bits per heavy atom. The Bertz CT molecular complexity index is 940. The number of halogens is 2. The minimum Gasteiger partial charge on any atom is -0.460 e. The standard InChI is InChI=1S/C25H37Cl2N3O8/c1-24(2,3)37-21(31)15-19(28-22(32)38-25(4,5)6)14-18-13-17(7-8-20(18)30(34)35)16-36-23(33)29(11-9-26)12-10-27/h7-8,13,19H,9-12,14-16H2,1-6H3,(H,28,32)/t19-/m0/s1. The fourth-order valence-electron chi connectivity index (χ4n) is 3.30. The van der Waals surface area contributed by atoms with E-state index >= 15 is 0 Å². The Balaban J connectivity index is 3.18. The van der Waals surface area contributed by atoms with Crippen LogP contribution < -0.4 is 5.32 Å². The maximum atomic E-state index is 12.5. The summed E-state index contributed by atoms with van der Waals surface area (Å²) in [6.45, 7) is 10.5. The number of nitrogens with one attached hydrogen (secondary N) is 1. The number of nitro benzene ring substituents is 1. The molecule has 1 atom stereocenters. The molecule has 0 unspecified atom stereocenters. The molecule has 0 saturated carbocycles. The molecule has 214 valence electrons. The van der Waals surface area contributed by atoms with Gasteiger partial charge in [0.15, 0.2) is 0 Å². The molecule has 0 heterocycles. The number of benzene rings is 1. The van der Waals surface area contributed by atoms with Crippen molar-refractivity contribution in [3.8, 4) is 0 Å². The fourth-order valence-corrected chi connectivity index (χ4v) is 3.71.